The van der Waals surface area contributed by atoms with E-state index in [1.165, 1.54) is 62.6 Å². The summed E-state index contributed by atoms with van der Waals surface area (Å²) in [5, 5.41) is 55.5. The number of urea groups is 1. The van der Waals surface area contributed by atoms with Gasteiger partial charge in [-0.1, -0.05) is 81.7 Å². The molecule has 18 N–H and O–H groups in total. The number of unbranched alkanes of at least 4 members (excludes halogenated alkanes) is 1. The molecule has 1 unspecified atom stereocenters. The van der Waals surface area contributed by atoms with Gasteiger partial charge in [-0.3, -0.25) is 38.4 Å². The van der Waals surface area contributed by atoms with Crippen molar-refractivity contribution >= 4 is 97.9 Å². The molecule has 1 aliphatic rings. The minimum atomic E-state index is -1.77. The van der Waals surface area contributed by atoms with Crippen LogP contribution < -0.4 is 69.8 Å². The van der Waals surface area contributed by atoms with Gasteiger partial charge in [-0.25, -0.2) is 4.79 Å². The zero-order valence-corrected chi connectivity index (χ0v) is 50.6. The quantitative estimate of drug-likeness (QED) is 0.0368. The summed E-state index contributed by atoms with van der Waals surface area (Å²) < 4.78 is 5.18. The maximum atomic E-state index is 14.9. The SMILES string of the molecule is COc1ccc(NC(=O)Nc2ccc(C[C@H]3NC(=O)[C@H](Cc4ccc(O)cc4)NC(=O)[C@H](NC(=O)[C@@H](N)Cc4ccc(Cl)cc4)CSSC[C@@H](C(=O)NC(Cc4ccc(O)cc4)C(N)=O)NC(=O)[C@H]([C@@H](C)O)NC(=O)[C@H](CCCCN)NC3=O)cc2)cc1. The standard InChI is InChI=1S/C60H73ClN12O13S2/c1-33(74)51-59(84)72-50(57(82)68-46(52(64)77)28-36-10-20-41(75)21-11-36)32-88-87-31-49(71-53(78)44(63)27-34-6-14-38(61)15-7-34)58(83)70-48(30-37-12-22-42(76)23-13-37)56(81)69-47(55(80)67-45(54(79)73-51)5-3-4-26-62)29-35-8-16-39(17-9-35)65-60(85)66-40-18-24-43(86-2)25-19-40/h6-25,33,44-51,74-76H,3-5,26-32,62-63H2,1-2H3,(H2,64,77)(H,67,80)(H,68,82)(H,69,81)(H,70,83)(H,71,78)(H,72,84)(H,73,79)(H2,65,66,85)/t33-,44+,45+,46?,47-,48+,49-,50+,51+/m1/s1. The van der Waals surface area contributed by atoms with E-state index in [1.54, 1.807) is 72.8 Å². The van der Waals surface area contributed by atoms with Gasteiger partial charge in [0.2, 0.25) is 47.3 Å². The normalized spacial score (nSPS) is 20.0. The van der Waals surface area contributed by atoms with Crippen molar-refractivity contribution in [1.29, 1.82) is 0 Å². The van der Waals surface area contributed by atoms with Crippen LogP contribution >= 0.6 is 33.2 Å². The molecule has 0 aliphatic carbocycles. The molecule has 0 bridgehead atoms. The van der Waals surface area contributed by atoms with Gasteiger partial charge in [0.25, 0.3) is 0 Å². The molecule has 0 radical (unpaired) electrons. The van der Waals surface area contributed by atoms with Crippen molar-refractivity contribution in [3.8, 4) is 17.2 Å². The van der Waals surface area contributed by atoms with E-state index in [9.17, 15) is 58.5 Å². The largest absolute Gasteiger partial charge is 0.508 e. The topological polar surface area (TPSA) is 410 Å². The van der Waals surface area contributed by atoms with Gasteiger partial charge in [0.15, 0.2) is 0 Å². The van der Waals surface area contributed by atoms with Crippen molar-refractivity contribution in [1.82, 2.24) is 37.2 Å². The van der Waals surface area contributed by atoms with Crippen LogP contribution in [-0.2, 0) is 64.0 Å². The molecule has 88 heavy (non-hydrogen) atoms. The highest BCUT2D eigenvalue weighted by atomic mass is 35.5. The first kappa shape index (κ1) is 68.5. The highest BCUT2D eigenvalue weighted by Gasteiger charge is 2.37. The number of primary amides is 1. The first-order chi connectivity index (χ1) is 42.1. The summed E-state index contributed by atoms with van der Waals surface area (Å²) in [4.78, 5) is 127. The van der Waals surface area contributed by atoms with Crippen molar-refractivity contribution in [3.05, 3.63) is 149 Å². The molecule has 470 valence electrons. The Balaban J connectivity index is 1.37. The molecular formula is C60H73ClN12O13S2. The van der Waals surface area contributed by atoms with Crippen LogP contribution in [0, 0.1) is 0 Å². The van der Waals surface area contributed by atoms with Crippen molar-refractivity contribution in [2.24, 2.45) is 17.2 Å². The van der Waals surface area contributed by atoms with Crippen LogP contribution in [0.3, 0.4) is 0 Å². The Labute approximate surface area is 520 Å². The van der Waals surface area contributed by atoms with E-state index in [0.717, 1.165) is 21.6 Å². The lowest BCUT2D eigenvalue weighted by molar-refractivity contribution is -0.136. The number of halogens is 1. The van der Waals surface area contributed by atoms with E-state index in [4.69, 9.17) is 33.5 Å². The van der Waals surface area contributed by atoms with E-state index in [-0.39, 0.29) is 68.1 Å². The first-order valence-electron chi connectivity index (χ1n) is 28.0. The number of amides is 10. The molecule has 9 atom stereocenters. The fourth-order valence-electron chi connectivity index (χ4n) is 8.92. The van der Waals surface area contributed by atoms with E-state index < -0.39 is 108 Å². The number of carbonyl (C=O) groups excluding carboxylic acids is 9. The molecular weight excluding hydrogens is 1200 g/mol. The number of aliphatic hydroxyl groups is 1. The molecule has 5 aromatic rings. The second kappa shape index (κ2) is 34.1. The zero-order valence-electron chi connectivity index (χ0n) is 48.2. The Morgan fingerprint density at radius 2 is 1.12 bits per heavy atom. The van der Waals surface area contributed by atoms with Gasteiger partial charge in [0, 0.05) is 47.2 Å². The Morgan fingerprint density at radius 1 is 0.636 bits per heavy atom. The smallest absolute Gasteiger partial charge is 0.323 e. The minimum absolute atomic E-state index is 0.0189. The summed E-state index contributed by atoms with van der Waals surface area (Å²) in [6.45, 7) is 1.41. The fourth-order valence-corrected chi connectivity index (χ4v) is 11.4. The molecule has 28 heteroatoms. The lowest BCUT2D eigenvalue weighted by Gasteiger charge is -2.29. The predicted octanol–water partition coefficient (Wildman–Crippen LogP) is 1.79. The third-order valence-corrected chi connectivity index (χ3v) is 16.5. The van der Waals surface area contributed by atoms with Crippen molar-refractivity contribution in [3.63, 3.8) is 0 Å². The van der Waals surface area contributed by atoms with Crippen molar-refractivity contribution in [2.45, 2.75) is 106 Å². The third-order valence-electron chi connectivity index (χ3n) is 13.8. The maximum absolute atomic E-state index is 14.9. The van der Waals surface area contributed by atoms with Crippen LogP contribution in [0.15, 0.2) is 121 Å². The Hall–Kier alpha value is -8.60. The zero-order chi connectivity index (χ0) is 63.9. The fraction of sp³-hybridized carbons (Fsp3) is 0.350. The van der Waals surface area contributed by atoms with Crippen LogP contribution in [0.4, 0.5) is 16.2 Å². The van der Waals surface area contributed by atoms with Gasteiger partial charge in [-0.15, -0.1) is 0 Å². The van der Waals surface area contributed by atoms with Crippen LogP contribution in [0.1, 0.15) is 48.4 Å². The Kier molecular flexibility index (Phi) is 26.5. The Morgan fingerprint density at radius 3 is 1.67 bits per heavy atom. The summed E-state index contributed by atoms with van der Waals surface area (Å²) in [6.07, 6.45) is -1.63. The average molecular weight is 1270 g/mol. The number of phenols is 2. The molecule has 5 aromatic carbocycles. The highest BCUT2D eigenvalue weighted by molar-refractivity contribution is 8.76. The van der Waals surface area contributed by atoms with Crippen LogP contribution in [0.5, 0.6) is 17.2 Å². The van der Waals surface area contributed by atoms with Crippen molar-refractivity contribution in [2.75, 3.05) is 35.8 Å². The van der Waals surface area contributed by atoms with E-state index in [2.05, 4.69) is 47.9 Å². The number of hydrogen-bond donors (Lipinski definition) is 15. The van der Waals surface area contributed by atoms with E-state index in [0.29, 0.717) is 50.8 Å². The van der Waals surface area contributed by atoms with Gasteiger partial charge in [0.1, 0.15) is 59.5 Å². The predicted molar refractivity (Wildman–Crippen MR) is 335 cm³/mol. The maximum Gasteiger partial charge on any atom is 0.323 e. The average Bonchev–Trinajstić information content (AvgIpc) is 3.25. The van der Waals surface area contributed by atoms with Gasteiger partial charge in [-0.05, 0) is 134 Å². The molecule has 0 spiro atoms. The van der Waals surface area contributed by atoms with Crippen LogP contribution in [-0.4, -0.2) is 148 Å². The number of benzene rings is 5. The number of ether oxygens (including phenoxy) is 1. The number of nitrogens with two attached hydrogens (primary N) is 3. The highest BCUT2D eigenvalue weighted by Crippen LogP contribution is 2.25. The molecule has 10 amide bonds. The number of carbonyl (C=O) groups is 9. The van der Waals surface area contributed by atoms with Gasteiger partial charge in [-0.2, -0.15) is 0 Å². The number of phenolic OH excluding ortho intramolecular Hbond substituents is 2. The first-order valence-corrected chi connectivity index (χ1v) is 30.9. The number of rotatable bonds is 21. The number of anilines is 2. The molecule has 1 saturated heterocycles. The molecule has 25 nitrogen and oxygen atoms in total. The monoisotopic (exact) mass is 1270 g/mol. The van der Waals surface area contributed by atoms with E-state index >= 15 is 0 Å². The van der Waals surface area contributed by atoms with Gasteiger partial charge in [0.05, 0.1) is 19.3 Å². The van der Waals surface area contributed by atoms with Crippen LogP contribution in [0.2, 0.25) is 5.02 Å². The lowest BCUT2D eigenvalue weighted by Crippen LogP contribution is -2.62. The van der Waals surface area contributed by atoms with Crippen molar-refractivity contribution < 1.29 is 63.2 Å². The number of nitrogens with one attached hydrogen (secondary N) is 9. The lowest BCUT2D eigenvalue weighted by atomic mass is 10.0. The van der Waals surface area contributed by atoms with E-state index in [1.807, 2.05) is 0 Å². The number of aliphatic hydroxyl groups excluding tert-OH is 1. The Bertz CT molecular complexity index is 3190. The second-order valence-corrected chi connectivity index (χ2v) is 23.7. The summed E-state index contributed by atoms with van der Waals surface area (Å²) in [5.74, 6) is -7.51. The van der Waals surface area contributed by atoms with Crippen LogP contribution in [0.25, 0.3) is 0 Å². The number of methoxy groups -OCH3 is 1. The minimum Gasteiger partial charge on any atom is -0.508 e. The summed E-state index contributed by atoms with van der Waals surface area (Å²) >= 11 is 6.09. The number of aromatic hydroxyl groups is 2. The molecule has 1 aliphatic heterocycles. The molecule has 1 fully saturated rings. The third kappa shape index (κ3) is 22.0. The molecule has 1 heterocycles. The summed E-state index contributed by atoms with van der Waals surface area (Å²) in [6, 6.07) is 18.7. The second-order valence-electron chi connectivity index (χ2n) is 20.7. The molecule has 6 rings (SSSR count). The molecule has 0 saturated carbocycles. The van der Waals surface area contributed by atoms with Gasteiger partial charge >= 0.3 is 6.03 Å². The molecule has 0 aromatic heterocycles. The number of hydrogen-bond acceptors (Lipinski definition) is 17. The summed E-state index contributed by atoms with van der Waals surface area (Å²) in [7, 11) is 3.41. The van der Waals surface area contributed by atoms with Gasteiger partial charge < -0.3 is 85.1 Å². The summed E-state index contributed by atoms with van der Waals surface area (Å²) in [5.41, 5.74) is 20.9.